The lowest BCUT2D eigenvalue weighted by Crippen LogP contribution is -2.23. The number of thioether (sulfide) groups is 1. The Hall–Kier alpha value is -3.78. The molecule has 4 rings (SSSR count). The molecule has 3 aromatic carbocycles. The normalized spacial score (nSPS) is 10.9. The number of nitro groups is 1. The molecule has 0 aliphatic heterocycles. The van der Waals surface area contributed by atoms with Crippen molar-refractivity contribution in [1.29, 1.82) is 0 Å². The van der Waals surface area contributed by atoms with Crippen molar-refractivity contribution in [3.63, 3.8) is 0 Å². The van der Waals surface area contributed by atoms with E-state index >= 15 is 0 Å². The number of Topliss-reactive ketones (excluding diaryl/α,β-unsaturated/α-hetero) is 1. The van der Waals surface area contributed by atoms with Crippen LogP contribution in [-0.2, 0) is 0 Å². The number of ketones is 1. The number of non-ortho nitro benzene ring substituents is 1. The van der Waals surface area contributed by atoms with Crippen LogP contribution in [0.1, 0.15) is 21.5 Å². The molecule has 32 heavy (non-hydrogen) atoms. The minimum absolute atomic E-state index is 0.0171. The van der Waals surface area contributed by atoms with E-state index in [0.29, 0.717) is 21.7 Å². The Morgan fingerprint density at radius 3 is 2.59 bits per heavy atom. The van der Waals surface area contributed by atoms with Crippen molar-refractivity contribution < 1.29 is 9.72 Å². The number of carbonyl (C=O) groups is 1. The quantitative estimate of drug-likeness (QED) is 0.138. The molecule has 8 heteroatoms. The summed E-state index contributed by atoms with van der Waals surface area (Å²) in [6, 6.07) is 18.4. The van der Waals surface area contributed by atoms with Gasteiger partial charge in [0, 0.05) is 17.7 Å². The molecular formula is C24H19N3O4S. The number of hydrogen-bond acceptors (Lipinski definition) is 6. The molecule has 0 amide bonds. The van der Waals surface area contributed by atoms with Crippen LogP contribution in [0.4, 0.5) is 5.69 Å². The van der Waals surface area contributed by atoms with Crippen LogP contribution in [0.5, 0.6) is 0 Å². The lowest BCUT2D eigenvalue weighted by Gasteiger charge is -2.16. The number of rotatable bonds is 6. The number of para-hydroxylation sites is 1. The molecule has 1 heterocycles. The van der Waals surface area contributed by atoms with E-state index in [0.717, 1.165) is 22.9 Å². The van der Waals surface area contributed by atoms with Crippen LogP contribution >= 0.6 is 11.8 Å². The highest BCUT2D eigenvalue weighted by Crippen LogP contribution is 2.25. The Morgan fingerprint density at radius 1 is 1.06 bits per heavy atom. The Labute approximate surface area is 187 Å². The Bertz CT molecular complexity index is 1430. The van der Waals surface area contributed by atoms with Gasteiger partial charge in [0.1, 0.15) is 0 Å². The van der Waals surface area contributed by atoms with Gasteiger partial charge in [-0.25, -0.2) is 4.98 Å². The molecule has 0 N–H and O–H groups in total. The first-order valence-electron chi connectivity index (χ1n) is 9.85. The van der Waals surface area contributed by atoms with Gasteiger partial charge in [-0.15, -0.1) is 0 Å². The second-order valence-corrected chi connectivity index (χ2v) is 8.23. The largest absolute Gasteiger partial charge is 0.293 e. The van der Waals surface area contributed by atoms with Crippen LogP contribution in [0.25, 0.3) is 16.6 Å². The molecule has 0 aliphatic carbocycles. The summed E-state index contributed by atoms with van der Waals surface area (Å²) in [5, 5.41) is 11.9. The SMILES string of the molecule is Cc1cccc(-n2c(SCC(=O)c3cccc([N+](=O)[O-])c3)nc3ccccc3c2=O)c1C. The van der Waals surface area contributed by atoms with Crippen molar-refractivity contribution in [2.75, 3.05) is 5.75 Å². The summed E-state index contributed by atoms with van der Waals surface area (Å²) < 4.78 is 1.54. The van der Waals surface area contributed by atoms with Crippen molar-refractivity contribution in [2.45, 2.75) is 19.0 Å². The molecular weight excluding hydrogens is 426 g/mol. The summed E-state index contributed by atoms with van der Waals surface area (Å²) in [6.07, 6.45) is 0. The van der Waals surface area contributed by atoms with Crippen molar-refractivity contribution >= 4 is 34.1 Å². The average Bonchev–Trinajstić information content (AvgIpc) is 2.80. The zero-order chi connectivity index (χ0) is 22.8. The van der Waals surface area contributed by atoms with E-state index < -0.39 is 4.92 Å². The molecule has 0 atom stereocenters. The summed E-state index contributed by atoms with van der Waals surface area (Å²) in [7, 11) is 0. The van der Waals surface area contributed by atoms with Crippen molar-refractivity contribution in [3.05, 3.63) is 104 Å². The topological polar surface area (TPSA) is 95.1 Å². The molecule has 4 aromatic rings. The van der Waals surface area contributed by atoms with Gasteiger partial charge >= 0.3 is 0 Å². The van der Waals surface area contributed by atoms with E-state index in [4.69, 9.17) is 0 Å². The van der Waals surface area contributed by atoms with E-state index in [-0.39, 0.29) is 28.3 Å². The summed E-state index contributed by atoms with van der Waals surface area (Å²) in [4.78, 5) is 41.3. The number of nitrogens with zero attached hydrogens (tertiary/aromatic N) is 3. The second kappa shape index (κ2) is 8.76. The lowest BCUT2D eigenvalue weighted by molar-refractivity contribution is -0.384. The van der Waals surface area contributed by atoms with Gasteiger partial charge in [0.25, 0.3) is 11.2 Å². The fraction of sp³-hybridized carbons (Fsp3) is 0.125. The second-order valence-electron chi connectivity index (χ2n) is 7.29. The molecule has 7 nitrogen and oxygen atoms in total. The number of nitro benzene ring substituents is 1. The predicted octanol–water partition coefficient (Wildman–Crippen LogP) is 4.89. The number of hydrogen-bond donors (Lipinski definition) is 0. The molecule has 0 unspecified atom stereocenters. The van der Waals surface area contributed by atoms with Crippen molar-refractivity contribution in [3.8, 4) is 5.69 Å². The third kappa shape index (κ3) is 4.04. The third-order valence-corrected chi connectivity index (χ3v) is 6.21. The minimum atomic E-state index is -0.535. The summed E-state index contributed by atoms with van der Waals surface area (Å²) >= 11 is 1.14. The van der Waals surface area contributed by atoms with Crippen LogP contribution in [-0.4, -0.2) is 26.0 Å². The van der Waals surface area contributed by atoms with Crippen LogP contribution in [0.15, 0.2) is 76.7 Å². The molecule has 0 fully saturated rings. The van der Waals surface area contributed by atoms with E-state index in [1.807, 2.05) is 32.0 Å². The number of benzene rings is 3. The van der Waals surface area contributed by atoms with Crippen LogP contribution in [0.3, 0.4) is 0 Å². The molecule has 0 spiro atoms. The van der Waals surface area contributed by atoms with Gasteiger partial charge in [-0.1, -0.05) is 48.2 Å². The Morgan fingerprint density at radius 2 is 1.81 bits per heavy atom. The van der Waals surface area contributed by atoms with Gasteiger partial charge in [-0.05, 0) is 43.2 Å². The Kier molecular flexibility index (Phi) is 5.87. The molecule has 0 aliphatic rings. The highest BCUT2D eigenvalue weighted by Gasteiger charge is 2.18. The Balaban J connectivity index is 1.77. The number of carbonyl (C=O) groups excluding carboxylic acids is 1. The maximum absolute atomic E-state index is 13.4. The smallest absolute Gasteiger partial charge is 0.270 e. The van der Waals surface area contributed by atoms with Crippen molar-refractivity contribution in [2.24, 2.45) is 0 Å². The van der Waals surface area contributed by atoms with Crippen LogP contribution in [0, 0.1) is 24.0 Å². The van der Waals surface area contributed by atoms with E-state index in [1.54, 1.807) is 30.3 Å². The van der Waals surface area contributed by atoms with Gasteiger partial charge in [-0.2, -0.15) is 0 Å². The fourth-order valence-corrected chi connectivity index (χ4v) is 4.31. The monoisotopic (exact) mass is 445 g/mol. The predicted molar refractivity (Wildman–Crippen MR) is 125 cm³/mol. The minimum Gasteiger partial charge on any atom is -0.293 e. The fourth-order valence-electron chi connectivity index (χ4n) is 3.41. The van der Waals surface area contributed by atoms with Crippen LogP contribution < -0.4 is 5.56 Å². The highest BCUT2D eigenvalue weighted by atomic mass is 32.2. The molecule has 0 bridgehead atoms. The third-order valence-electron chi connectivity index (χ3n) is 5.27. The van der Waals surface area contributed by atoms with E-state index in [1.165, 1.54) is 22.8 Å². The number of fused-ring (bicyclic) bond motifs is 1. The standard InChI is InChI=1S/C24H19N3O4S/c1-15-7-5-12-21(16(15)2)26-23(29)19-10-3-4-11-20(19)25-24(26)32-14-22(28)17-8-6-9-18(13-17)27(30)31/h3-13H,14H2,1-2H3. The van der Waals surface area contributed by atoms with Gasteiger partial charge < -0.3 is 0 Å². The first-order valence-corrected chi connectivity index (χ1v) is 10.8. The molecule has 160 valence electrons. The van der Waals surface area contributed by atoms with Gasteiger partial charge in [0.15, 0.2) is 10.9 Å². The zero-order valence-electron chi connectivity index (χ0n) is 17.4. The highest BCUT2D eigenvalue weighted by molar-refractivity contribution is 7.99. The lowest BCUT2D eigenvalue weighted by atomic mass is 10.1. The molecule has 0 saturated heterocycles. The summed E-state index contributed by atoms with van der Waals surface area (Å²) in [5.41, 5.74) is 3.12. The maximum Gasteiger partial charge on any atom is 0.270 e. The van der Waals surface area contributed by atoms with E-state index in [9.17, 15) is 19.7 Å². The first kappa shape index (κ1) is 21.5. The van der Waals surface area contributed by atoms with E-state index in [2.05, 4.69) is 4.98 Å². The number of aryl methyl sites for hydroxylation is 1. The first-order chi connectivity index (χ1) is 15.4. The summed E-state index contributed by atoms with van der Waals surface area (Å²) in [6.45, 7) is 3.91. The zero-order valence-corrected chi connectivity index (χ0v) is 18.3. The maximum atomic E-state index is 13.4. The van der Waals surface area contributed by atoms with Gasteiger partial charge in [-0.3, -0.25) is 24.3 Å². The average molecular weight is 446 g/mol. The van der Waals surface area contributed by atoms with Crippen LogP contribution in [0.2, 0.25) is 0 Å². The summed E-state index contributed by atoms with van der Waals surface area (Å²) in [5.74, 6) is -0.301. The number of aromatic nitrogens is 2. The van der Waals surface area contributed by atoms with Gasteiger partial charge in [0.05, 0.1) is 27.3 Å². The molecule has 0 saturated carbocycles. The van der Waals surface area contributed by atoms with Crippen molar-refractivity contribution in [1.82, 2.24) is 9.55 Å². The van der Waals surface area contributed by atoms with Gasteiger partial charge in [0.2, 0.25) is 0 Å². The molecule has 0 radical (unpaired) electrons. The molecule has 1 aromatic heterocycles.